The minimum Gasteiger partial charge on any atom is -0.368 e. The SMILES string of the molecule is Cc1cc(N2CCN3CCCC3C2)c([C@@H](C)N)cc1F. The molecule has 1 aromatic carbocycles. The normalized spacial score (nSPS) is 24.8. The van der Waals surface area contributed by atoms with E-state index in [1.54, 1.807) is 6.07 Å². The number of aryl methyl sites for hydroxylation is 1. The predicted molar refractivity (Wildman–Crippen MR) is 80.5 cm³/mol. The van der Waals surface area contributed by atoms with Crippen molar-refractivity contribution < 1.29 is 4.39 Å². The Labute approximate surface area is 120 Å². The van der Waals surface area contributed by atoms with Gasteiger partial charge >= 0.3 is 0 Å². The summed E-state index contributed by atoms with van der Waals surface area (Å²) < 4.78 is 13.8. The van der Waals surface area contributed by atoms with E-state index in [9.17, 15) is 4.39 Å². The molecule has 2 saturated heterocycles. The van der Waals surface area contributed by atoms with E-state index >= 15 is 0 Å². The van der Waals surface area contributed by atoms with Gasteiger partial charge in [-0.1, -0.05) is 0 Å². The topological polar surface area (TPSA) is 32.5 Å². The number of benzene rings is 1. The Hall–Kier alpha value is -1.13. The number of piperazine rings is 1. The fourth-order valence-corrected chi connectivity index (χ4v) is 3.53. The van der Waals surface area contributed by atoms with Gasteiger partial charge in [0.05, 0.1) is 0 Å². The molecular formula is C16H24FN3. The molecule has 0 radical (unpaired) electrons. The summed E-state index contributed by atoms with van der Waals surface area (Å²) in [5, 5.41) is 0. The average molecular weight is 277 g/mol. The van der Waals surface area contributed by atoms with Crippen LogP contribution in [-0.4, -0.2) is 37.1 Å². The third-order valence-electron chi connectivity index (χ3n) is 4.73. The first-order valence-electron chi connectivity index (χ1n) is 7.61. The van der Waals surface area contributed by atoms with Crippen molar-refractivity contribution in [3.63, 3.8) is 0 Å². The van der Waals surface area contributed by atoms with Crippen molar-refractivity contribution in [2.75, 3.05) is 31.1 Å². The van der Waals surface area contributed by atoms with E-state index in [2.05, 4.69) is 9.80 Å². The molecule has 0 bridgehead atoms. The largest absolute Gasteiger partial charge is 0.368 e. The molecule has 0 aliphatic carbocycles. The van der Waals surface area contributed by atoms with E-state index in [1.807, 2.05) is 19.9 Å². The number of fused-ring (bicyclic) bond motifs is 1. The first-order chi connectivity index (χ1) is 9.56. The van der Waals surface area contributed by atoms with Gasteiger partial charge in [0.15, 0.2) is 0 Å². The Morgan fingerprint density at radius 3 is 2.85 bits per heavy atom. The maximum atomic E-state index is 13.8. The molecule has 2 fully saturated rings. The van der Waals surface area contributed by atoms with Crippen molar-refractivity contribution in [2.24, 2.45) is 5.73 Å². The van der Waals surface area contributed by atoms with Gasteiger partial charge in [0.25, 0.3) is 0 Å². The minimum absolute atomic E-state index is 0.137. The maximum absolute atomic E-state index is 13.8. The van der Waals surface area contributed by atoms with Crippen molar-refractivity contribution >= 4 is 5.69 Å². The van der Waals surface area contributed by atoms with Crippen LogP contribution in [0.25, 0.3) is 0 Å². The number of anilines is 1. The summed E-state index contributed by atoms with van der Waals surface area (Å²) in [6, 6.07) is 4.12. The first kappa shape index (κ1) is 13.8. The molecule has 110 valence electrons. The highest BCUT2D eigenvalue weighted by molar-refractivity contribution is 5.57. The number of hydrogen-bond donors (Lipinski definition) is 1. The van der Waals surface area contributed by atoms with Crippen LogP contribution in [0, 0.1) is 12.7 Å². The highest BCUT2D eigenvalue weighted by Crippen LogP contribution is 2.32. The van der Waals surface area contributed by atoms with Crippen LogP contribution >= 0.6 is 0 Å². The number of hydrogen-bond acceptors (Lipinski definition) is 3. The number of nitrogens with two attached hydrogens (primary N) is 1. The van der Waals surface area contributed by atoms with E-state index < -0.39 is 0 Å². The van der Waals surface area contributed by atoms with E-state index in [0.717, 1.165) is 30.9 Å². The van der Waals surface area contributed by atoms with Crippen LogP contribution in [0.5, 0.6) is 0 Å². The zero-order valence-electron chi connectivity index (χ0n) is 12.4. The molecule has 4 heteroatoms. The van der Waals surface area contributed by atoms with Crippen LogP contribution in [0.4, 0.5) is 10.1 Å². The summed E-state index contributed by atoms with van der Waals surface area (Å²) in [5.41, 5.74) is 8.81. The quantitative estimate of drug-likeness (QED) is 0.901. The van der Waals surface area contributed by atoms with Crippen molar-refractivity contribution in [1.82, 2.24) is 4.90 Å². The second-order valence-electron chi connectivity index (χ2n) is 6.23. The number of rotatable bonds is 2. The van der Waals surface area contributed by atoms with Gasteiger partial charge in [-0.05, 0) is 56.5 Å². The molecule has 0 amide bonds. The van der Waals surface area contributed by atoms with Gasteiger partial charge in [-0.25, -0.2) is 4.39 Å². The second-order valence-corrected chi connectivity index (χ2v) is 6.23. The lowest BCUT2D eigenvalue weighted by atomic mass is 10.0. The fraction of sp³-hybridized carbons (Fsp3) is 0.625. The first-order valence-corrected chi connectivity index (χ1v) is 7.61. The van der Waals surface area contributed by atoms with Gasteiger partial charge in [0.2, 0.25) is 0 Å². The zero-order chi connectivity index (χ0) is 14.3. The Bertz CT molecular complexity index is 501. The van der Waals surface area contributed by atoms with Crippen LogP contribution in [0.3, 0.4) is 0 Å². The van der Waals surface area contributed by atoms with E-state index in [4.69, 9.17) is 5.73 Å². The maximum Gasteiger partial charge on any atom is 0.126 e. The minimum atomic E-state index is -0.152. The van der Waals surface area contributed by atoms with Gasteiger partial charge < -0.3 is 10.6 Å². The summed E-state index contributed by atoms with van der Waals surface area (Å²) >= 11 is 0. The van der Waals surface area contributed by atoms with Gasteiger partial charge in [-0.15, -0.1) is 0 Å². The summed E-state index contributed by atoms with van der Waals surface area (Å²) in [4.78, 5) is 4.98. The fourth-order valence-electron chi connectivity index (χ4n) is 3.53. The van der Waals surface area contributed by atoms with Crippen LogP contribution in [0.15, 0.2) is 12.1 Å². The summed E-state index contributed by atoms with van der Waals surface area (Å²) in [5.74, 6) is -0.152. The molecular weight excluding hydrogens is 253 g/mol. The zero-order valence-corrected chi connectivity index (χ0v) is 12.4. The van der Waals surface area contributed by atoms with Crippen molar-refractivity contribution in [2.45, 2.75) is 38.8 Å². The van der Waals surface area contributed by atoms with Gasteiger partial charge in [-0.2, -0.15) is 0 Å². The van der Waals surface area contributed by atoms with Gasteiger partial charge in [0.1, 0.15) is 5.82 Å². The molecule has 0 spiro atoms. The van der Waals surface area contributed by atoms with Crippen LogP contribution in [-0.2, 0) is 0 Å². The molecule has 0 saturated carbocycles. The van der Waals surface area contributed by atoms with Crippen LogP contribution in [0.1, 0.15) is 36.9 Å². The number of halogens is 1. The summed E-state index contributed by atoms with van der Waals surface area (Å²) in [6.07, 6.45) is 2.59. The molecule has 0 aromatic heterocycles. The average Bonchev–Trinajstić information content (AvgIpc) is 2.88. The van der Waals surface area contributed by atoms with Crippen LogP contribution in [0.2, 0.25) is 0 Å². The van der Waals surface area contributed by atoms with Crippen molar-refractivity contribution in [1.29, 1.82) is 0 Å². The molecule has 2 N–H and O–H groups in total. The molecule has 3 nitrogen and oxygen atoms in total. The number of nitrogens with zero attached hydrogens (tertiary/aromatic N) is 2. The Morgan fingerprint density at radius 2 is 2.10 bits per heavy atom. The van der Waals surface area contributed by atoms with E-state index in [1.165, 1.54) is 19.4 Å². The lowest BCUT2D eigenvalue weighted by molar-refractivity contribution is 0.230. The smallest absolute Gasteiger partial charge is 0.126 e. The Morgan fingerprint density at radius 1 is 1.30 bits per heavy atom. The van der Waals surface area contributed by atoms with Crippen molar-refractivity contribution in [3.05, 3.63) is 29.1 Å². The Balaban J connectivity index is 1.91. The van der Waals surface area contributed by atoms with Crippen molar-refractivity contribution in [3.8, 4) is 0 Å². The summed E-state index contributed by atoms with van der Waals surface area (Å²) in [7, 11) is 0. The molecule has 2 atom stereocenters. The van der Waals surface area contributed by atoms with E-state index in [0.29, 0.717) is 11.6 Å². The van der Waals surface area contributed by atoms with Gasteiger partial charge in [-0.3, -0.25) is 4.90 Å². The predicted octanol–water partition coefficient (Wildman–Crippen LogP) is 2.44. The molecule has 1 aromatic rings. The molecule has 2 aliphatic heterocycles. The monoisotopic (exact) mass is 277 g/mol. The molecule has 1 unspecified atom stereocenters. The highest BCUT2D eigenvalue weighted by Gasteiger charge is 2.31. The Kier molecular flexibility index (Phi) is 3.69. The van der Waals surface area contributed by atoms with Crippen LogP contribution < -0.4 is 10.6 Å². The molecule has 3 rings (SSSR count). The van der Waals surface area contributed by atoms with E-state index in [-0.39, 0.29) is 11.9 Å². The standard InChI is InChI=1S/C16H24FN3/c1-11-8-16(14(12(2)18)9-15(11)17)20-7-6-19-5-3-4-13(19)10-20/h8-9,12-13H,3-7,10,18H2,1-2H3/t12-,13?/m1/s1. The third kappa shape index (κ3) is 2.42. The lowest BCUT2D eigenvalue weighted by Gasteiger charge is -2.40. The highest BCUT2D eigenvalue weighted by atomic mass is 19.1. The second kappa shape index (κ2) is 5.34. The van der Waals surface area contributed by atoms with Gasteiger partial charge in [0, 0.05) is 37.4 Å². The lowest BCUT2D eigenvalue weighted by Crippen LogP contribution is -2.50. The summed E-state index contributed by atoms with van der Waals surface area (Å²) in [6.45, 7) is 8.17. The molecule has 20 heavy (non-hydrogen) atoms. The third-order valence-corrected chi connectivity index (χ3v) is 4.73. The molecule has 2 heterocycles. The molecule has 2 aliphatic rings.